The lowest BCUT2D eigenvalue weighted by Crippen LogP contribution is -2.32. The second kappa shape index (κ2) is 10.3. The van der Waals surface area contributed by atoms with Crippen LogP contribution < -0.4 is 4.57 Å². The van der Waals surface area contributed by atoms with E-state index in [0.717, 1.165) is 16.9 Å². The number of hydrogen-bond acceptors (Lipinski definition) is 1. The smallest absolute Gasteiger partial charge is 0.336 e. The number of nitrogens with zero attached hydrogens (tertiary/aromatic N) is 2. The van der Waals surface area contributed by atoms with Gasteiger partial charge < -0.3 is 5.11 Å². The van der Waals surface area contributed by atoms with Crippen molar-refractivity contribution in [2.45, 2.75) is 79.1 Å². The summed E-state index contributed by atoms with van der Waals surface area (Å²) in [4.78, 5) is 0. The Balaban J connectivity index is 2.17. The van der Waals surface area contributed by atoms with Crippen LogP contribution in [0.5, 0.6) is 5.88 Å². The van der Waals surface area contributed by atoms with Crippen molar-refractivity contribution in [3.8, 4) is 28.5 Å². The summed E-state index contributed by atoms with van der Waals surface area (Å²) in [6, 6.07) is 23.4. The molecule has 36 heavy (non-hydrogen) atoms. The van der Waals surface area contributed by atoms with E-state index < -0.39 is 0 Å². The summed E-state index contributed by atoms with van der Waals surface area (Å²) >= 11 is 0. The maximum atomic E-state index is 12.0. The first kappa shape index (κ1) is 25.8. The van der Waals surface area contributed by atoms with Crippen LogP contribution in [0, 0.1) is 0 Å². The second-order valence-electron chi connectivity index (χ2n) is 11.1. The molecule has 3 heteroatoms. The summed E-state index contributed by atoms with van der Waals surface area (Å²) in [6.07, 6.45) is 2.11. The molecule has 1 heterocycles. The Labute approximate surface area is 217 Å². The van der Waals surface area contributed by atoms with E-state index >= 15 is 0 Å². The van der Waals surface area contributed by atoms with Crippen LogP contribution in [0.4, 0.5) is 0 Å². The van der Waals surface area contributed by atoms with Gasteiger partial charge in [0, 0.05) is 27.8 Å². The molecule has 0 aliphatic rings. The summed E-state index contributed by atoms with van der Waals surface area (Å²) in [5.74, 6) is 1.60. The standard InChI is InChI=1S/C33H40N2O/c1-21(2)26-16-12-17-27(22(3)4)31(26)34-20-35(33(36)30(34)25-14-10-9-11-15-25)32-28(23(5)6)18-13-19-29(32)24(7)8/h9-24H,1-8H3/p+1. The van der Waals surface area contributed by atoms with Gasteiger partial charge in [-0.05, 0) is 23.7 Å². The Hall–Kier alpha value is -3.33. The van der Waals surface area contributed by atoms with Gasteiger partial charge in [0.05, 0.1) is 0 Å². The normalized spacial score (nSPS) is 11.9. The third-order valence-corrected chi connectivity index (χ3v) is 7.13. The molecule has 0 bridgehead atoms. The van der Waals surface area contributed by atoms with Crippen molar-refractivity contribution in [1.82, 2.24) is 4.57 Å². The van der Waals surface area contributed by atoms with Crippen LogP contribution in [0.25, 0.3) is 22.6 Å². The van der Waals surface area contributed by atoms with Gasteiger partial charge in [0.15, 0.2) is 0 Å². The summed E-state index contributed by atoms with van der Waals surface area (Å²) in [5.41, 5.74) is 9.10. The Morgan fingerprint density at radius 1 is 0.583 bits per heavy atom. The minimum absolute atomic E-state index is 0.268. The van der Waals surface area contributed by atoms with Gasteiger partial charge in [0.2, 0.25) is 5.69 Å². The van der Waals surface area contributed by atoms with E-state index in [1.807, 2.05) is 22.8 Å². The van der Waals surface area contributed by atoms with Crippen LogP contribution in [-0.4, -0.2) is 9.67 Å². The highest BCUT2D eigenvalue weighted by Gasteiger charge is 2.33. The fourth-order valence-corrected chi connectivity index (χ4v) is 5.23. The maximum Gasteiger partial charge on any atom is 0.336 e. The molecule has 0 amide bonds. The zero-order chi connectivity index (χ0) is 26.1. The van der Waals surface area contributed by atoms with Crippen LogP contribution in [0.1, 0.15) is 101 Å². The highest BCUT2D eigenvalue weighted by Crippen LogP contribution is 2.38. The molecule has 0 fully saturated rings. The minimum Gasteiger partial charge on any atom is -0.474 e. The molecular weight excluding hydrogens is 440 g/mol. The van der Waals surface area contributed by atoms with E-state index in [2.05, 4.69) is 115 Å². The predicted molar refractivity (Wildman–Crippen MR) is 151 cm³/mol. The van der Waals surface area contributed by atoms with E-state index in [1.165, 1.54) is 27.9 Å². The fraction of sp³-hybridized carbons (Fsp3) is 0.364. The molecule has 3 aromatic carbocycles. The van der Waals surface area contributed by atoms with Crippen LogP contribution in [0.3, 0.4) is 0 Å². The minimum atomic E-state index is 0.268. The van der Waals surface area contributed by atoms with Gasteiger partial charge in [-0.2, -0.15) is 9.13 Å². The van der Waals surface area contributed by atoms with Crippen LogP contribution in [-0.2, 0) is 0 Å². The average Bonchev–Trinajstić information content (AvgIpc) is 3.19. The van der Waals surface area contributed by atoms with E-state index in [4.69, 9.17) is 0 Å². The van der Waals surface area contributed by atoms with Crippen molar-refractivity contribution in [3.63, 3.8) is 0 Å². The van der Waals surface area contributed by atoms with Gasteiger partial charge in [-0.3, -0.25) is 0 Å². The molecule has 0 aliphatic carbocycles. The summed E-state index contributed by atoms with van der Waals surface area (Å²) in [6.45, 7) is 17.9. The Morgan fingerprint density at radius 2 is 1.03 bits per heavy atom. The molecule has 0 saturated heterocycles. The van der Waals surface area contributed by atoms with E-state index in [9.17, 15) is 5.11 Å². The molecule has 4 aromatic rings. The second-order valence-corrected chi connectivity index (χ2v) is 11.1. The molecule has 1 aromatic heterocycles. The third-order valence-electron chi connectivity index (χ3n) is 7.13. The summed E-state index contributed by atoms with van der Waals surface area (Å²) in [7, 11) is 0. The zero-order valence-electron chi connectivity index (χ0n) is 23.1. The van der Waals surface area contributed by atoms with E-state index in [1.54, 1.807) is 0 Å². The molecule has 4 rings (SSSR count). The van der Waals surface area contributed by atoms with Gasteiger partial charge in [0.25, 0.3) is 6.33 Å². The highest BCUT2D eigenvalue weighted by atomic mass is 16.3. The lowest BCUT2D eigenvalue weighted by atomic mass is 9.92. The van der Waals surface area contributed by atoms with Gasteiger partial charge in [0.1, 0.15) is 11.4 Å². The topological polar surface area (TPSA) is 29.0 Å². The largest absolute Gasteiger partial charge is 0.474 e. The van der Waals surface area contributed by atoms with Crippen molar-refractivity contribution in [1.29, 1.82) is 0 Å². The van der Waals surface area contributed by atoms with Gasteiger partial charge in [-0.1, -0.05) is 122 Å². The molecule has 1 N–H and O–H groups in total. The highest BCUT2D eigenvalue weighted by molar-refractivity contribution is 5.68. The van der Waals surface area contributed by atoms with Crippen LogP contribution in [0.15, 0.2) is 73.1 Å². The molecule has 0 radical (unpaired) electrons. The summed E-state index contributed by atoms with van der Waals surface area (Å²) < 4.78 is 4.25. The predicted octanol–water partition coefficient (Wildman–Crippen LogP) is 8.62. The first-order chi connectivity index (χ1) is 17.1. The van der Waals surface area contributed by atoms with Crippen molar-refractivity contribution in [3.05, 3.63) is 95.3 Å². The molecule has 3 nitrogen and oxygen atoms in total. The van der Waals surface area contributed by atoms with Crippen molar-refractivity contribution in [2.75, 3.05) is 0 Å². The molecule has 0 saturated carbocycles. The number of aromatic nitrogens is 2. The molecule has 0 atom stereocenters. The molecular formula is C33H41N2O+. The first-order valence-corrected chi connectivity index (χ1v) is 13.3. The van der Waals surface area contributed by atoms with Crippen LogP contribution in [0.2, 0.25) is 0 Å². The number of imidazole rings is 1. The van der Waals surface area contributed by atoms with Gasteiger partial charge >= 0.3 is 5.88 Å². The lowest BCUT2D eigenvalue weighted by Gasteiger charge is -2.17. The van der Waals surface area contributed by atoms with Crippen molar-refractivity contribution >= 4 is 0 Å². The number of aromatic hydroxyl groups is 1. The molecule has 0 aliphatic heterocycles. The van der Waals surface area contributed by atoms with Crippen molar-refractivity contribution in [2.24, 2.45) is 0 Å². The Bertz CT molecular complexity index is 1290. The van der Waals surface area contributed by atoms with Crippen molar-refractivity contribution < 1.29 is 9.67 Å². The fourth-order valence-electron chi connectivity index (χ4n) is 5.23. The average molecular weight is 482 g/mol. The maximum absolute atomic E-state index is 12.0. The SMILES string of the molecule is CC(C)c1cccc(C(C)C)c1-n1c[n+](-c2c(C(C)C)cccc2C(C)C)c(O)c1-c1ccccc1. The number of benzene rings is 3. The number of para-hydroxylation sites is 2. The monoisotopic (exact) mass is 481 g/mol. The number of hydrogen-bond donors (Lipinski definition) is 1. The van der Waals surface area contributed by atoms with E-state index in [0.29, 0.717) is 23.7 Å². The molecule has 0 spiro atoms. The van der Waals surface area contributed by atoms with Gasteiger partial charge in [-0.25, -0.2) is 0 Å². The lowest BCUT2D eigenvalue weighted by molar-refractivity contribution is -0.603. The molecule has 188 valence electrons. The van der Waals surface area contributed by atoms with Gasteiger partial charge in [-0.15, -0.1) is 0 Å². The van der Waals surface area contributed by atoms with Crippen LogP contribution >= 0.6 is 0 Å². The summed E-state index contributed by atoms with van der Waals surface area (Å²) in [5, 5.41) is 12.0. The third kappa shape index (κ3) is 4.59. The molecule has 0 unspecified atom stereocenters. The Morgan fingerprint density at radius 3 is 1.47 bits per heavy atom. The first-order valence-electron chi connectivity index (χ1n) is 13.3. The zero-order valence-corrected chi connectivity index (χ0v) is 23.1. The Kier molecular flexibility index (Phi) is 7.40. The van der Waals surface area contributed by atoms with E-state index in [-0.39, 0.29) is 5.88 Å². The number of rotatable bonds is 7. The quantitative estimate of drug-likeness (QED) is 0.263.